The van der Waals surface area contributed by atoms with Crippen LogP contribution in [-0.4, -0.2) is 24.6 Å². The van der Waals surface area contributed by atoms with Crippen LogP contribution in [0, 0.1) is 5.82 Å². The van der Waals surface area contributed by atoms with Crippen molar-refractivity contribution in [2.75, 3.05) is 12.4 Å². The van der Waals surface area contributed by atoms with Crippen molar-refractivity contribution in [2.45, 2.75) is 32.8 Å². The molecule has 5 nitrogen and oxygen atoms in total. The number of ketones is 1. The van der Waals surface area contributed by atoms with Gasteiger partial charge >= 0.3 is 6.09 Å². The predicted octanol–water partition coefficient (Wildman–Crippen LogP) is 4.61. The van der Waals surface area contributed by atoms with Gasteiger partial charge in [0.05, 0.1) is 12.7 Å². The molecular weight excluding hydrogens is 337 g/mol. The lowest BCUT2D eigenvalue weighted by molar-refractivity contribution is 0.0635. The maximum Gasteiger partial charge on any atom is 0.412 e. The van der Waals surface area contributed by atoms with Gasteiger partial charge in [-0.25, -0.2) is 9.18 Å². The Kier molecular flexibility index (Phi) is 5.97. The summed E-state index contributed by atoms with van der Waals surface area (Å²) in [7, 11) is 1.50. The zero-order valence-electron chi connectivity index (χ0n) is 15.3. The van der Waals surface area contributed by atoms with Crippen molar-refractivity contribution in [3.8, 4) is 5.75 Å². The Morgan fingerprint density at radius 1 is 1.12 bits per heavy atom. The number of hydrogen-bond donors (Lipinski definition) is 1. The normalized spacial score (nSPS) is 11.0. The first-order valence-electron chi connectivity index (χ1n) is 8.14. The summed E-state index contributed by atoms with van der Waals surface area (Å²) < 4.78 is 24.3. The molecule has 2 aromatic rings. The highest BCUT2D eigenvalue weighted by molar-refractivity contribution is 5.99. The van der Waals surface area contributed by atoms with E-state index in [1.165, 1.54) is 25.3 Å². The lowest BCUT2D eigenvalue weighted by atomic mass is 10.0. The van der Waals surface area contributed by atoms with Crippen LogP contribution in [0.4, 0.5) is 14.9 Å². The minimum Gasteiger partial charge on any atom is -0.497 e. The molecule has 0 spiro atoms. The summed E-state index contributed by atoms with van der Waals surface area (Å²) in [6.45, 7) is 5.26. The molecule has 1 N–H and O–H groups in total. The van der Waals surface area contributed by atoms with Gasteiger partial charge in [0, 0.05) is 12.1 Å². The van der Waals surface area contributed by atoms with Gasteiger partial charge in [-0.3, -0.25) is 10.1 Å². The lowest BCUT2D eigenvalue weighted by Crippen LogP contribution is -2.27. The number of nitrogens with one attached hydrogen (secondary N) is 1. The fourth-order valence-corrected chi connectivity index (χ4v) is 2.33. The van der Waals surface area contributed by atoms with Crippen molar-refractivity contribution in [2.24, 2.45) is 0 Å². The first kappa shape index (κ1) is 19.4. The molecule has 6 heteroatoms. The Balaban J connectivity index is 2.27. The molecule has 0 aromatic heterocycles. The Labute approximate surface area is 152 Å². The van der Waals surface area contributed by atoms with Crippen LogP contribution in [0.3, 0.4) is 0 Å². The summed E-state index contributed by atoms with van der Waals surface area (Å²) in [4.78, 5) is 24.5. The van der Waals surface area contributed by atoms with E-state index in [0.717, 1.165) is 0 Å². The molecule has 0 aliphatic heterocycles. The number of halogens is 1. The minimum absolute atomic E-state index is 0.00135. The van der Waals surface area contributed by atoms with Gasteiger partial charge in [-0.15, -0.1) is 0 Å². The number of amides is 1. The number of hydrogen-bond acceptors (Lipinski definition) is 4. The maximum absolute atomic E-state index is 13.8. The van der Waals surface area contributed by atoms with Crippen LogP contribution >= 0.6 is 0 Å². The zero-order chi connectivity index (χ0) is 19.3. The van der Waals surface area contributed by atoms with E-state index in [9.17, 15) is 14.0 Å². The van der Waals surface area contributed by atoms with E-state index in [4.69, 9.17) is 9.47 Å². The van der Waals surface area contributed by atoms with E-state index >= 15 is 0 Å². The number of methoxy groups -OCH3 is 1. The Morgan fingerprint density at radius 2 is 1.81 bits per heavy atom. The second-order valence-corrected chi connectivity index (χ2v) is 6.73. The maximum atomic E-state index is 13.8. The molecule has 26 heavy (non-hydrogen) atoms. The quantitative estimate of drug-likeness (QED) is 0.792. The lowest BCUT2D eigenvalue weighted by Gasteiger charge is -2.20. The first-order chi connectivity index (χ1) is 12.2. The molecule has 0 heterocycles. The molecule has 1 amide bonds. The Bertz CT molecular complexity index is 812. The third-order valence-electron chi connectivity index (χ3n) is 3.47. The van der Waals surface area contributed by atoms with Crippen LogP contribution in [0.1, 0.15) is 36.7 Å². The molecule has 2 aromatic carbocycles. The number of anilines is 1. The fraction of sp³-hybridized carbons (Fsp3) is 0.300. The third kappa shape index (κ3) is 5.31. The summed E-state index contributed by atoms with van der Waals surface area (Å²) in [6.07, 6.45) is -0.731. The standard InChI is InChI=1S/C20H22FNO4/c1-20(2,3)26-19(24)22-17-10-9-14(25-4)11-13(17)12-18(23)15-7-5-6-8-16(15)21/h5-11H,12H2,1-4H3,(H,22,24). The van der Waals surface area contributed by atoms with Gasteiger partial charge in [0.15, 0.2) is 5.78 Å². The van der Waals surface area contributed by atoms with Gasteiger partial charge in [0.25, 0.3) is 0 Å². The van der Waals surface area contributed by atoms with Crippen molar-refractivity contribution in [3.63, 3.8) is 0 Å². The summed E-state index contributed by atoms with van der Waals surface area (Å²) in [5.41, 5.74) is 0.256. The van der Waals surface area contributed by atoms with Crippen LogP contribution < -0.4 is 10.1 Å². The van der Waals surface area contributed by atoms with Crippen LogP contribution in [-0.2, 0) is 11.2 Å². The average molecular weight is 359 g/mol. The van der Waals surface area contributed by atoms with Gasteiger partial charge in [0.1, 0.15) is 17.2 Å². The smallest absolute Gasteiger partial charge is 0.412 e. The van der Waals surface area contributed by atoms with Gasteiger partial charge in [0.2, 0.25) is 0 Å². The van der Waals surface area contributed by atoms with Crippen LogP contribution in [0.25, 0.3) is 0 Å². The molecular formula is C20H22FNO4. The molecule has 138 valence electrons. The number of Topliss-reactive ketones (excluding diaryl/α,β-unsaturated/α-hetero) is 1. The number of carbonyl (C=O) groups is 2. The van der Waals surface area contributed by atoms with Gasteiger partial charge in [-0.2, -0.15) is 0 Å². The predicted molar refractivity (Wildman–Crippen MR) is 97.3 cm³/mol. The highest BCUT2D eigenvalue weighted by Gasteiger charge is 2.19. The Hall–Kier alpha value is -2.89. The van der Waals surface area contributed by atoms with Crippen molar-refractivity contribution >= 4 is 17.6 Å². The minimum atomic E-state index is -0.653. The van der Waals surface area contributed by atoms with Gasteiger partial charge in [-0.05, 0) is 56.7 Å². The van der Waals surface area contributed by atoms with Crippen molar-refractivity contribution in [1.29, 1.82) is 0 Å². The van der Waals surface area contributed by atoms with Crippen molar-refractivity contribution in [1.82, 2.24) is 0 Å². The SMILES string of the molecule is COc1ccc(NC(=O)OC(C)(C)C)c(CC(=O)c2ccccc2F)c1. The molecule has 0 aliphatic rings. The molecule has 0 atom stereocenters. The Morgan fingerprint density at radius 3 is 2.42 bits per heavy atom. The number of rotatable bonds is 5. The van der Waals surface area contributed by atoms with Crippen molar-refractivity contribution < 1.29 is 23.5 Å². The third-order valence-corrected chi connectivity index (χ3v) is 3.47. The van der Waals surface area contributed by atoms with Crippen molar-refractivity contribution in [3.05, 3.63) is 59.4 Å². The van der Waals surface area contributed by atoms with E-state index in [2.05, 4.69) is 5.32 Å². The van der Waals surface area contributed by atoms with E-state index < -0.39 is 23.3 Å². The van der Waals surface area contributed by atoms with Gasteiger partial charge in [-0.1, -0.05) is 12.1 Å². The number of carbonyl (C=O) groups excluding carboxylic acids is 2. The topological polar surface area (TPSA) is 64.6 Å². The largest absolute Gasteiger partial charge is 0.497 e. The van der Waals surface area contributed by atoms with Gasteiger partial charge < -0.3 is 9.47 Å². The second kappa shape index (κ2) is 7.99. The summed E-state index contributed by atoms with van der Waals surface area (Å²) in [5, 5.41) is 2.63. The molecule has 0 aliphatic carbocycles. The van der Waals surface area contributed by atoms with E-state index in [1.54, 1.807) is 45.0 Å². The van der Waals surface area contributed by atoms with Crippen LogP contribution in [0.2, 0.25) is 0 Å². The van der Waals surface area contributed by atoms with E-state index in [0.29, 0.717) is 17.0 Å². The first-order valence-corrected chi connectivity index (χ1v) is 8.14. The molecule has 0 radical (unpaired) electrons. The molecule has 0 fully saturated rings. The molecule has 0 bridgehead atoms. The van der Waals surface area contributed by atoms with Crippen LogP contribution in [0.5, 0.6) is 5.75 Å². The number of benzene rings is 2. The highest BCUT2D eigenvalue weighted by atomic mass is 19.1. The summed E-state index contributed by atoms with van der Waals surface area (Å²) in [6, 6.07) is 10.7. The zero-order valence-corrected chi connectivity index (χ0v) is 15.3. The molecule has 0 saturated heterocycles. The fourth-order valence-electron chi connectivity index (χ4n) is 2.33. The monoisotopic (exact) mass is 359 g/mol. The second-order valence-electron chi connectivity index (χ2n) is 6.73. The van der Waals surface area contributed by atoms with E-state index in [1.807, 2.05) is 0 Å². The average Bonchev–Trinajstić information content (AvgIpc) is 2.55. The molecule has 0 saturated carbocycles. The number of ether oxygens (including phenoxy) is 2. The summed E-state index contributed by atoms with van der Waals surface area (Å²) in [5.74, 6) is -0.457. The van der Waals surface area contributed by atoms with Crippen LogP contribution in [0.15, 0.2) is 42.5 Å². The summed E-state index contributed by atoms with van der Waals surface area (Å²) >= 11 is 0. The molecule has 2 rings (SSSR count). The molecule has 0 unspecified atom stereocenters. The highest BCUT2D eigenvalue weighted by Crippen LogP contribution is 2.25. The van der Waals surface area contributed by atoms with E-state index in [-0.39, 0.29) is 12.0 Å².